The highest BCUT2D eigenvalue weighted by molar-refractivity contribution is 7.89. The molecular formula is C19H25ClN2O3S. The molecule has 0 bridgehead atoms. The van der Waals surface area contributed by atoms with Gasteiger partial charge in [-0.2, -0.15) is 0 Å². The Morgan fingerprint density at radius 1 is 1.12 bits per heavy atom. The number of halogens is 1. The second-order valence-corrected chi connectivity index (χ2v) is 8.51. The lowest BCUT2D eigenvalue weighted by Crippen LogP contribution is -2.30. The fraction of sp³-hybridized carbons (Fsp3) is 0.316. The molecule has 1 amide bonds. The number of anilines is 1. The lowest BCUT2D eigenvalue weighted by atomic mass is 9.94. The van der Waals surface area contributed by atoms with Gasteiger partial charge in [0, 0.05) is 18.0 Å². The first-order chi connectivity index (χ1) is 11.7. The van der Waals surface area contributed by atoms with Crippen LogP contribution < -0.4 is 11.1 Å². The fourth-order valence-electron chi connectivity index (χ4n) is 2.63. The third-order valence-corrected chi connectivity index (χ3v) is 5.09. The molecule has 0 aromatic heterocycles. The molecule has 0 aliphatic carbocycles. The number of carbonyl (C=O) groups excluding carboxylic acids is 1. The van der Waals surface area contributed by atoms with Crippen molar-refractivity contribution in [1.29, 1.82) is 0 Å². The van der Waals surface area contributed by atoms with Gasteiger partial charge in [-0.05, 0) is 29.7 Å². The molecule has 0 spiro atoms. The molecule has 0 heterocycles. The highest BCUT2D eigenvalue weighted by Crippen LogP contribution is 2.24. The van der Waals surface area contributed by atoms with Crippen LogP contribution >= 0.6 is 12.4 Å². The van der Waals surface area contributed by atoms with E-state index in [4.69, 9.17) is 5.73 Å². The summed E-state index contributed by atoms with van der Waals surface area (Å²) in [4.78, 5) is 12.6. The molecule has 2 rings (SSSR count). The van der Waals surface area contributed by atoms with Gasteiger partial charge in [0.05, 0.1) is 11.7 Å². The molecular weight excluding hydrogens is 372 g/mol. The van der Waals surface area contributed by atoms with Gasteiger partial charge in [0.25, 0.3) is 0 Å². The van der Waals surface area contributed by atoms with Crippen LogP contribution in [-0.2, 0) is 20.4 Å². The van der Waals surface area contributed by atoms with E-state index in [-0.39, 0.29) is 24.1 Å². The molecule has 5 nitrogen and oxygen atoms in total. The summed E-state index contributed by atoms with van der Waals surface area (Å²) in [5, 5.41) is 2.87. The van der Waals surface area contributed by atoms with E-state index >= 15 is 0 Å². The summed E-state index contributed by atoms with van der Waals surface area (Å²) >= 11 is 0. The molecule has 142 valence electrons. The second-order valence-electron chi connectivity index (χ2n) is 6.37. The zero-order valence-electron chi connectivity index (χ0n) is 15.1. The molecule has 0 saturated carbocycles. The number of nitrogens with one attached hydrogen (secondary N) is 1. The van der Waals surface area contributed by atoms with E-state index in [9.17, 15) is 13.2 Å². The van der Waals surface area contributed by atoms with Crippen LogP contribution in [0.4, 0.5) is 5.69 Å². The SMILES string of the molecule is Cc1c(CS(C)(=O)=O)cccc1NC(=O)C(C)C(N)c1ccccc1.Cl. The molecule has 0 radical (unpaired) electrons. The summed E-state index contributed by atoms with van der Waals surface area (Å²) in [5.41, 5.74) is 9.14. The quantitative estimate of drug-likeness (QED) is 0.784. The molecule has 0 saturated heterocycles. The Hall–Kier alpha value is -1.89. The van der Waals surface area contributed by atoms with Crippen molar-refractivity contribution in [2.45, 2.75) is 25.6 Å². The molecule has 7 heteroatoms. The Morgan fingerprint density at radius 2 is 1.73 bits per heavy atom. The average Bonchev–Trinajstić information content (AvgIpc) is 2.56. The van der Waals surface area contributed by atoms with Crippen LogP contribution in [0, 0.1) is 12.8 Å². The van der Waals surface area contributed by atoms with Crippen molar-refractivity contribution in [2.75, 3.05) is 11.6 Å². The van der Waals surface area contributed by atoms with E-state index < -0.39 is 21.8 Å². The Kier molecular flexibility index (Phi) is 7.81. The van der Waals surface area contributed by atoms with Crippen molar-refractivity contribution >= 4 is 33.8 Å². The predicted octanol–water partition coefficient (Wildman–Crippen LogP) is 3.24. The Labute approximate surface area is 161 Å². The molecule has 2 unspecified atom stereocenters. The maximum Gasteiger partial charge on any atom is 0.229 e. The zero-order chi connectivity index (χ0) is 18.6. The standard InChI is InChI=1S/C19H24N2O3S.ClH/c1-13-16(12-25(3,23)24)10-7-11-17(13)21-19(22)14(2)18(20)15-8-5-4-6-9-15;/h4-11,14,18H,12,20H2,1-3H3,(H,21,22);1H. The average molecular weight is 397 g/mol. The maximum absolute atomic E-state index is 12.6. The van der Waals surface area contributed by atoms with Crippen molar-refractivity contribution < 1.29 is 13.2 Å². The largest absolute Gasteiger partial charge is 0.326 e. The minimum Gasteiger partial charge on any atom is -0.326 e. The van der Waals surface area contributed by atoms with Crippen LogP contribution in [0.15, 0.2) is 48.5 Å². The van der Waals surface area contributed by atoms with Gasteiger partial charge < -0.3 is 11.1 Å². The maximum atomic E-state index is 12.6. The van der Waals surface area contributed by atoms with Crippen LogP contribution in [0.1, 0.15) is 29.7 Å². The lowest BCUT2D eigenvalue weighted by Gasteiger charge is -2.21. The molecule has 3 N–H and O–H groups in total. The number of benzene rings is 2. The number of hydrogen-bond donors (Lipinski definition) is 2. The van der Waals surface area contributed by atoms with Crippen molar-refractivity contribution in [3.63, 3.8) is 0 Å². The Bertz CT molecular complexity index is 854. The summed E-state index contributed by atoms with van der Waals surface area (Å²) in [5.74, 6) is -0.682. The summed E-state index contributed by atoms with van der Waals surface area (Å²) in [6, 6.07) is 14.3. The van der Waals surface area contributed by atoms with Crippen LogP contribution in [0.3, 0.4) is 0 Å². The molecule has 0 aliphatic heterocycles. The number of hydrogen-bond acceptors (Lipinski definition) is 4. The number of carbonyl (C=O) groups is 1. The second kappa shape index (κ2) is 9.16. The van der Waals surface area contributed by atoms with Gasteiger partial charge in [0.1, 0.15) is 0 Å². The van der Waals surface area contributed by atoms with Gasteiger partial charge in [-0.15, -0.1) is 12.4 Å². The fourth-order valence-corrected chi connectivity index (χ4v) is 3.51. The first kappa shape index (κ1) is 22.2. The van der Waals surface area contributed by atoms with E-state index in [1.165, 1.54) is 6.26 Å². The summed E-state index contributed by atoms with van der Waals surface area (Å²) in [6.07, 6.45) is 1.19. The Balaban J connectivity index is 0.00000338. The number of amides is 1. The van der Waals surface area contributed by atoms with E-state index in [0.29, 0.717) is 11.3 Å². The molecule has 2 aromatic rings. The van der Waals surface area contributed by atoms with E-state index in [2.05, 4.69) is 5.32 Å². The highest BCUT2D eigenvalue weighted by atomic mass is 35.5. The molecule has 26 heavy (non-hydrogen) atoms. The van der Waals surface area contributed by atoms with Crippen LogP contribution in [0.25, 0.3) is 0 Å². The van der Waals surface area contributed by atoms with E-state index in [1.807, 2.05) is 30.3 Å². The number of nitrogens with two attached hydrogens (primary N) is 1. The predicted molar refractivity (Wildman–Crippen MR) is 108 cm³/mol. The minimum atomic E-state index is -3.14. The molecule has 2 atom stereocenters. The van der Waals surface area contributed by atoms with Crippen LogP contribution in [0.2, 0.25) is 0 Å². The molecule has 0 fully saturated rings. The van der Waals surface area contributed by atoms with E-state index in [0.717, 1.165) is 11.1 Å². The smallest absolute Gasteiger partial charge is 0.229 e. The van der Waals surface area contributed by atoms with Crippen LogP contribution in [-0.4, -0.2) is 20.6 Å². The van der Waals surface area contributed by atoms with Gasteiger partial charge >= 0.3 is 0 Å². The Morgan fingerprint density at radius 3 is 2.31 bits per heavy atom. The highest BCUT2D eigenvalue weighted by Gasteiger charge is 2.23. The van der Waals surface area contributed by atoms with Gasteiger partial charge in [0.2, 0.25) is 5.91 Å². The third kappa shape index (κ3) is 5.83. The topological polar surface area (TPSA) is 89.3 Å². The number of rotatable bonds is 6. The van der Waals surface area contributed by atoms with Crippen molar-refractivity contribution in [2.24, 2.45) is 11.7 Å². The molecule has 0 aliphatic rings. The van der Waals surface area contributed by atoms with Gasteiger partial charge in [-0.25, -0.2) is 8.42 Å². The van der Waals surface area contributed by atoms with Crippen molar-refractivity contribution in [3.05, 3.63) is 65.2 Å². The van der Waals surface area contributed by atoms with Crippen LogP contribution in [0.5, 0.6) is 0 Å². The first-order valence-electron chi connectivity index (χ1n) is 8.06. The van der Waals surface area contributed by atoms with Gasteiger partial charge in [0.15, 0.2) is 9.84 Å². The molecule has 2 aromatic carbocycles. The normalized spacial score (nSPS) is 13.4. The summed E-state index contributed by atoms with van der Waals surface area (Å²) < 4.78 is 23.1. The third-order valence-electron chi connectivity index (χ3n) is 4.26. The van der Waals surface area contributed by atoms with Gasteiger partial charge in [-0.1, -0.05) is 49.4 Å². The van der Waals surface area contributed by atoms with Gasteiger partial charge in [-0.3, -0.25) is 4.79 Å². The first-order valence-corrected chi connectivity index (χ1v) is 10.1. The zero-order valence-corrected chi connectivity index (χ0v) is 16.7. The summed E-state index contributed by atoms with van der Waals surface area (Å²) in [7, 11) is -3.14. The van der Waals surface area contributed by atoms with E-state index in [1.54, 1.807) is 32.0 Å². The monoisotopic (exact) mass is 396 g/mol. The summed E-state index contributed by atoms with van der Waals surface area (Å²) in [6.45, 7) is 3.58. The lowest BCUT2D eigenvalue weighted by molar-refractivity contribution is -0.120. The van der Waals surface area contributed by atoms with Crippen molar-refractivity contribution in [3.8, 4) is 0 Å². The number of sulfone groups is 1. The minimum absolute atomic E-state index is 0. The van der Waals surface area contributed by atoms with Crippen molar-refractivity contribution in [1.82, 2.24) is 0 Å².